The van der Waals surface area contributed by atoms with Gasteiger partial charge in [0.2, 0.25) is 10.0 Å². The van der Waals surface area contributed by atoms with Gasteiger partial charge in [-0.2, -0.15) is 0 Å². The van der Waals surface area contributed by atoms with Gasteiger partial charge in [0.1, 0.15) is 22.7 Å². The third-order valence-corrected chi connectivity index (χ3v) is 7.67. The second-order valence-corrected chi connectivity index (χ2v) is 13.7. The highest BCUT2D eigenvalue weighted by Crippen LogP contribution is 2.33. The average Bonchev–Trinajstić information content (AvgIpc) is 3.11. The van der Waals surface area contributed by atoms with E-state index in [9.17, 15) is 27.6 Å². The van der Waals surface area contributed by atoms with Gasteiger partial charge in [-0.15, -0.1) is 10.2 Å². The van der Waals surface area contributed by atoms with Crippen LogP contribution in [0.2, 0.25) is 0 Å². The van der Waals surface area contributed by atoms with Crippen molar-refractivity contribution in [1.29, 1.82) is 0 Å². The average molecular weight is 758 g/mol. The summed E-state index contributed by atoms with van der Waals surface area (Å²) in [6.45, 7) is 4.14. The molecule has 280 valence electrons. The number of hydrogen-bond acceptors (Lipinski definition) is 12. The van der Waals surface area contributed by atoms with Gasteiger partial charge in [-0.1, -0.05) is 41.5 Å². The Morgan fingerprint density at radius 3 is 2.19 bits per heavy atom. The molecular formula is C35H35N9O9S. The van der Waals surface area contributed by atoms with E-state index in [4.69, 9.17) is 24.9 Å². The first kappa shape index (κ1) is 40.0. The largest absolute Gasteiger partial charge is 0.481 e. The molecule has 18 nitrogen and oxygen atoms in total. The zero-order chi connectivity index (χ0) is 39.3. The number of carbonyl (C=O) groups is 4. The van der Waals surface area contributed by atoms with Crippen LogP contribution in [0.4, 0.5) is 33.2 Å². The molecule has 0 saturated heterocycles. The molecule has 0 spiro atoms. The van der Waals surface area contributed by atoms with Crippen LogP contribution in [0.3, 0.4) is 0 Å². The molecule has 0 aromatic heterocycles. The minimum absolute atomic E-state index is 0.0521. The molecule has 0 bridgehead atoms. The third kappa shape index (κ3) is 12.7. The molecule has 0 unspecified atom stereocenters. The lowest BCUT2D eigenvalue weighted by atomic mass is 10.2. The summed E-state index contributed by atoms with van der Waals surface area (Å²) in [5.41, 5.74) is 9.52. The van der Waals surface area contributed by atoms with E-state index in [-0.39, 0.29) is 57.8 Å². The molecule has 19 heteroatoms. The maximum Gasteiger partial charge on any atom is 0.412 e. The number of ether oxygens (including phenoxy) is 3. The topological polar surface area (TPSA) is 266 Å². The van der Waals surface area contributed by atoms with Crippen molar-refractivity contribution in [2.24, 2.45) is 20.5 Å². The van der Waals surface area contributed by atoms with Crippen molar-refractivity contribution in [2.45, 2.75) is 37.8 Å². The zero-order valence-corrected chi connectivity index (χ0v) is 30.0. The Hall–Kier alpha value is -6.82. The number of anilines is 2. The minimum atomic E-state index is -3.84. The Balaban J connectivity index is 1.45. The highest BCUT2D eigenvalue weighted by atomic mass is 32.2. The molecule has 0 saturated carbocycles. The molecule has 0 radical (unpaired) electrons. The quantitative estimate of drug-likeness (QED) is 0.0471. The number of hydrogen-bond donors (Lipinski definition) is 4. The number of nitrogens with zero attached hydrogens (tertiary/aromatic N) is 5. The normalized spacial score (nSPS) is 11.2. The summed E-state index contributed by atoms with van der Waals surface area (Å²) in [6, 6.07) is 22.2. The fourth-order valence-corrected chi connectivity index (χ4v) is 4.82. The molecule has 4 rings (SSSR count). The number of para-hydroxylation sites is 1. The fourth-order valence-electron chi connectivity index (χ4n) is 4.30. The van der Waals surface area contributed by atoms with Gasteiger partial charge < -0.3 is 24.8 Å². The van der Waals surface area contributed by atoms with Crippen molar-refractivity contribution in [3.8, 4) is 5.75 Å². The number of rotatable bonds is 14. The lowest BCUT2D eigenvalue weighted by Gasteiger charge is -2.20. The predicted octanol–water partition coefficient (Wildman–Crippen LogP) is 6.53. The first-order valence-corrected chi connectivity index (χ1v) is 17.4. The van der Waals surface area contributed by atoms with Crippen LogP contribution in [0.5, 0.6) is 5.75 Å². The van der Waals surface area contributed by atoms with Gasteiger partial charge in [-0.05, 0) is 86.5 Å². The Labute approximate surface area is 309 Å². The number of sulfonamides is 1. The summed E-state index contributed by atoms with van der Waals surface area (Å²) in [6.07, 6.45) is -0.746. The molecule has 4 aromatic carbocycles. The number of primary sulfonamides is 1. The third-order valence-electron chi connectivity index (χ3n) is 6.74. The number of benzene rings is 4. The summed E-state index contributed by atoms with van der Waals surface area (Å²) in [5, 5.41) is 24.9. The molecule has 0 heterocycles. The molecule has 5 N–H and O–H groups in total. The summed E-state index contributed by atoms with van der Waals surface area (Å²) >= 11 is 0. The van der Waals surface area contributed by atoms with E-state index in [1.54, 1.807) is 45.0 Å². The number of nitrogens with two attached hydrogens (primary N) is 1. The highest BCUT2D eigenvalue weighted by Gasteiger charge is 2.18. The molecule has 0 atom stereocenters. The molecule has 0 aliphatic rings. The van der Waals surface area contributed by atoms with Crippen LogP contribution >= 0.6 is 0 Å². The van der Waals surface area contributed by atoms with Crippen LogP contribution < -0.4 is 25.8 Å². The van der Waals surface area contributed by atoms with Crippen molar-refractivity contribution < 1.29 is 41.8 Å². The number of carbonyl (C=O) groups excluding carboxylic acids is 4. The molecule has 0 aliphatic heterocycles. The maximum atomic E-state index is 12.9. The Bertz CT molecular complexity index is 2200. The maximum absolute atomic E-state index is 12.9. The van der Waals surface area contributed by atoms with Gasteiger partial charge in [-0.3, -0.25) is 14.9 Å². The molecule has 0 fully saturated rings. The number of esters is 1. The number of azo groups is 1. The molecule has 3 amide bonds. The van der Waals surface area contributed by atoms with Gasteiger partial charge in [-0.25, -0.2) is 23.1 Å². The van der Waals surface area contributed by atoms with E-state index in [0.29, 0.717) is 5.56 Å². The Morgan fingerprint density at radius 2 is 1.52 bits per heavy atom. The number of nitrogens with one attached hydrogen (secondary N) is 3. The van der Waals surface area contributed by atoms with Gasteiger partial charge >= 0.3 is 12.1 Å². The van der Waals surface area contributed by atoms with Gasteiger partial charge in [0, 0.05) is 22.8 Å². The second kappa shape index (κ2) is 18.1. The summed E-state index contributed by atoms with van der Waals surface area (Å²) in [7, 11) is -3.84. The van der Waals surface area contributed by atoms with Crippen LogP contribution in [0.25, 0.3) is 10.4 Å². The summed E-state index contributed by atoms with van der Waals surface area (Å²) < 4.78 is 39.0. The fraction of sp³-hybridized carbons (Fsp3) is 0.200. The van der Waals surface area contributed by atoms with Gasteiger partial charge in [0.05, 0.1) is 16.1 Å². The standard InChI is InChI=1S/C35H35N9O9S/c1-35(2,3)53-34(48)39-25-14-17-27(29(18-25)40-32(46)21-52-33(47)23-10-12-24(13-11-23)41-44-36)42-43-28-6-4-5-7-30(28)51-20-31(45)38-19-22-8-15-26(16-9-22)54(37,49)50/h4-18H,19-21H2,1-3H3,(H,38,45)(H,39,48)(H,40,46)(H2,37,49,50). The summed E-state index contributed by atoms with van der Waals surface area (Å²) in [4.78, 5) is 53.0. The van der Waals surface area contributed by atoms with Crippen molar-refractivity contribution in [2.75, 3.05) is 23.8 Å². The lowest BCUT2D eigenvalue weighted by Crippen LogP contribution is -2.28. The van der Waals surface area contributed by atoms with Crippen LogP contribution in [0.1, 0.15) is 36.7 Å². The van der Waals surface area contributed by atoms with Gasteiger partial charge in [0.25, 0.3) is 11.8 Å². The number of amides is 3. The Morgan fingerprint density at radius 1 is 0.833 bits per heavy atom. The number of azide groups is 1. The first-order chi connectivity index (χ1) is 25.6. The van der Waals surface area contributed by atoms with E-state index in [0.717, 1.165) is 0 Å². The monoisotopic (exact) mass is 757 g/mol. The summed E-state index contributed by atoms with van der Waals surface area (Å²) in [5.74, 6) is -1.81. The second-order valence-electron chi connectivity index (χ2n) is 12.1. The van der Waals surface area contributed by atoms with Gasteiger partial charge in [0.15, 0.2) is 13.2 Å². The molecule has 0 aliphatic carbocycles. The van der Waals surface area contributed by atoms with E-state index in [1.807, 2.05) is 0 Å². The van der Waals surface area contributed by atoms with Crippen LogP contribution in [-0.4, -0.2) is 51.1 Å². The van der Waals surface area contributed by atoms with Crippen molar-refractivity contribution in [3.63, 3.8) is 0 Å². The Kier molecular flexibility index (Phi) is 13.4. The van der Waals surface area contributed by atoms with Crippen molar-refractivity contribution >= 4 is 62.3 Å². The highest BCUT2D eigenvalue weighted by molar-refractivity contribution is 7.89. The van der Waals surface area contributed by atoms with Crippen molar-refractivity contribution in [1.82, 2.24) is 5.32 Å². The zero-order valence-electron chi connectivity index (χ0n) is 29.2. The van der Waals surface area contributed by atoms with Crippen LogP contribution in [0.15, 0.2) is 111 Å². The molecule has 4 aromatic rings. The molecular weight excluding hydrogens is 723 g/mol. The van der Waals surface area contributed by atoms with Crippen LogP contribution in [0, 0.1) is 0 Å². The van der Waals surface area contributed by atoms with E-state index >= 15 is 0 Å². The van der Waals surface area contributed by atoms with Crippen LogP contribution in [-0.2, 0) is 35.6 Å². The SMILES string of the molecule is CC(C)(C)OC(=O)Nc1ccc(N=Nc2ccccc2OCC(=O)NCc2ccc(S(N)(=O)=O)cc2)c(NC(=O)COC(=O)c2ccc(N=[N+]=[N-])cc2)c1. The smallest absolute Gasteiger partial charge is 0.412 e. The van der Waals surface area contributed by atoms with E-state index < -0.39 is 46.1 Å². The van der Waals surface area contributed by atoms with Crippen molar-refractivity contribution in [3.05, 3.63) is 113 Å². The molecule has 54 heavy (non-hydrogen) atoms. The first-order valence-electron chi connectivity index (χ1n) is 15.9. The minimum Gasteiger partial charge on any atom is -0.481 e. The van der Waals surface area contributed by atoms with E-state index in [1.165, 1.54) is 66.7 Å². The lowest BCUT2D eigenvalue weighted by molar-refractivity contribution is -0.123. The predicted molar refractivity (Wildman–Crippen MR) is 196 cm³/mol. The van der Waals surface area contributed by atoms with E-state index in [2.05, 4.69) is 36.2 Å².